The van der Waals surface area contributed by atoms with Gasteiger partial charge in [0.25, 0.3) is 5.79 Å². The largest absolute Gasteiger partial charge is 0.465 e. The Bertz CT molecular complexity index is 440. The predicted octanol–water partition coefficient (Wildman–Crippen LogP) is 2.76. The summed E-state index contributed by atoms with van der Waals surface area (Å²) in [7, 11) is 0. The highest BCUT2D eigenvalue weighted by atomic mass is 16.7. The molecule has 0 radical (unpaired) electrons. The van der Waals surface area contributed by atoms with Crippen LogP contribution in [0.25, 0.3) is 0 Å². The number of esters is 1. The van der Waals surface area contributed by atoms with E-state index in [2.05, 4.69) is 0 Å². The van der Waals surface area contributed by atoms with E-state index in [-0.39, 0.29) is 5.97 Å². The molecule has 0 spiro atoms. The van der Waals surface area contributed by atoms with Crippen LogP contribution >= 0.6 is 0 Å². The molecule has 0 aromatic heterocycles. The Balaban J connectivity index is 2.27. The molecule has 98 valence electrons. The highest BCUT2D eigenvalue weighted by Gasteiger charge is 2.55. The highest BCUT2D eigenvalue weighted by molar-refractivity contribution is 5.77. The SMILES string of the molecule is CCOC(=O)C(C)(C)C1(C)Oc2ccccc2O1. The van der Waals surface area contributed by atoms with Crippen molar-refractivity contribution in [3.8, 4) is 11.5 Å². The van der Waals surface area contributed by atoms with Gasteiger partial charge in [-0.3, -0.25) is 4.79 Å². The summed E-state index contributed by atoms with van der Waals surface area (Å²) in [5.74, 6) is -0.0850. The normalized spacial score (nSPS) is 16.4. The van der Waals surface area contributed by atoms with Gasteiger partial charge in [0.05, 0.1) is 6.61 Å². The molecule has 0 bridgehead atoms. The maximum absolute atomic E-state index is 12.0. The summed E-state index contributed by atoms with van der Waals surface area (Å²) in [6.07, 6.45) is 0. The molecule has 0 amide bonds. The van der Waals surface area contributed by atoms with Crippen molar-refractivity contribution in [3.63, 3.8) is 0 Å². The van der Waals surface area contributed by atoms with Gasteiger partial charge in [0.1, 0.15) is 5.41 Å². The number of fused-ring (bicyclic) bond motifs is 1. The molecule has 1 aromatic carbocycles. The third-order valence-corrected chi connectivity index (χ3v) is 3.38. The van der Waals surface area contributed by atoms with Gasteiger partial charge in [0.2, 0.25) is 0 Å². The molecule has 1 heterocycles. The van der Waals surface area contributed by atoms with Crippen molar-refractivity contribution in [2.24, 2.45) is 5.41 Å². The van der Waals surface area contributed by atoms with Crippen LogP contribution in [-0.4, -0.2) is 18.4 Å². The van der Waals surface area contributed by atoms with Crippen LogP contribution in [0.4, 0.5) is 0 Å². The first kappa shape index (κ1) is 12.7. The van der Waals surface area contributed by atoms with Gasteiger partial charge in [0, 0.05) is 6.92 Å². The van der Waals surface area contributed by atoms with E-state index in [1.165, 1.54) is 0 Å². The lowest BCUT2D eigenvalue weighted by Crippen LogP contribution is -2.54. The Morgan fingerprint density at radius 1 is 1.28 bits per heavy atom. The van der Waals surface area contributed by atoms with E-state index in [1.54, 1.807) is 27.7 Å². The summed E-state index contributed by atoms with van der Waals surface area (Å²) in [5, 5.41) is 0. The average molecular weight is 250 g/mol. The van der Waals surface area contributed by atoms with Crippen molar-refractivity contribution < 1.29 is 19.0 Å². The van der Waals surface area contributed by atoms with Crippen LogP contribution < -0.4 is 9.47 Å². The molecule has 1 aromatic rings. The van der Waals surface area contributed by atoms with Crippen molar-refractivity contribution in [2.75, 3.05) is 6.61 Å². The minimum absolute atomic E-state index is 0.333. The molecule has 0 aliphatic carbocycles. The molecule has 18 heavy (non-hydrogen) atoms. The van der Waals surface area contributed by atoms with E-state index < -0.39 is 11.2 Å². The lowest BCUT2D eigenvalue weighted by atomic mass is 9.84. The maximum Gasteiger partial charge on any atom is 0.319 e. The van der Waals surface area contributed by atoms with E-state index in [4.69, 9.17) is 14.2 Å². The lowest BCUT2D eigenvalue weighted by molar-refractivity contribution is -0.191. The lowest BCUT2D eigenvalue weighted by Gasteiger charge is -2.36. The third kappa shape index (κ3) is 1.82. The van der Waals surface area contributed by atoms with Gasteiger partial charge >= 0.3 is 5.97 Å². The fourth-order valence-corrected chi connectivity index (χ4v) is 1.81. The summed E-state index contributed by atoms with van der Waals surface area (Å²) in [6, 6.07) is 7.38. The number of carbonyl (C=O) groups is 1. The first-order valence-electron chi connectivity index (χ1n) is 6.05. The van der Waals surface area contributed by atoms with Gasteiger partial charge in [-0.15, -0.1) is 0 Å². The Morgan fingerprint density at radius 2 is 1.78 bits per heavy atom. The molecule has 4 nitrogen and oxygen atoms in total. The van der Waals surface area contributed by atoms with Gasteiger partial charge < -0.3 is 14.2 Å². The van der Waals surface area contributed by atoms with Gasteiger partial charge in [0.15, 0.2) is 11.5 Å². The van der Waals surface area contributed by atoms with Crippen LogP contribution in [0.3, 0.4) is 0 Å². The molecular formula is C14H18O4. The summed E-state index contributed by atoms with van der Waals surface area (Å²) in [6.45, 7) is 7.39. The molecule has 0 atom stereocenters. The van der Waals surface area contributed by atoms with Gasteiger partial charge in [-0.1, -0.05) is 12.1 Å². The quantitative estimate of drug-likeness (QED) is 0.774. The molecular weight excluding hydrogens is 232 g/mol. The minimum atomic E-state index is -1.05. The summed E-state index contributed by atoms with van der Waals surface area (Å²) >= 11 is 0. The molecule has 4 heteroatoms. The molecule has 0 saturated heterocycles. The Labute approximate surface area is 107 Å². The fourth-order valence-electron chi connectivity index (χ4n) is 1.81. The zero-order chi connectivity index (χ0) is 13.4. The Hall–Kier alpha value is -1.71. The first-order valence-corrected chi connectivity index (χ1v) is 6.05. The molecule has 2 rings (SSSR count). The fraction of sp³-hybridized carbons (Fsp3) is 0.500. The number of ether oxygens (including phenoxy) is 3. The Morgan fingerprint density at radius 3 is 2.22 bits per heavy atom. The zero-order valence-electron chi connectivity index (χ0n) is 11.1. The average Bonchev–Trinajstić information content (AvgIpc) is 2.67. The van der Waals surface area contributed by atoms with E-state index in [0.717, 1.165) is 0 Å². The van der Waals surface area contributed by atoms with E-state index in [0.29, 0.717) is 18.1 Å². The number of rotatable bonds is 3. The number of carbonyl (C=O) groups excluding carboxylic acids is 1. The third-order valence-electron chi connectivity index (χ3n) is 3.38. The second kappa shape index (κ2) is 4.19. The van der Waals surface area contributed by atoms with E-state index >= 15 is 0 Å². The van der Waals surface area contributed by atoms with Crippen molar-refractivity contribution >= 4 is 5.97 Å². The topological polar surface area (TPSA) is 44.8 Å². The second-order valence-corrected chi connectivity index (χ2v) is 4.94. The van der Waals surface area contributed by atoms with Crippen LogP contribution in [0.5, 0.6) is 11.5 Å². The predicted molar refractivity (Wildman–Crippen MR) is 66.5 cm³/mol. The zero-order valence-corrected chi connectivity index (χ0v) is 11.1. The standard InChI is InChI=1S/C14H18O4/c1-5-16-12(15)13(2,3)14(4)17-10-8-6-7-9-11(10)18-14/h6-9H,5H2,1-4H3. The number of para-hydroxylation sites is 2. The van der Waals surface area contributed by atoms with Gasteiger partial charge in [-0.05, 0) is 32.9 Å². The smallest absolute Gasteiger partial charge is 0.319 e. The van der Waals surface area contributed by atoms with Crippen molar-refractivity contribution in [1.29, 1.82) is 0 Å². The highest BCUT2D eigenvalue weighted by Crippen LogP contribution is 2.46. The summed E-state index contributed by atoms with van der Waals surface area (Å²) in [4.78, 5) is 12.0. The molecule has 1 aliphatic rings. The van der Waals surface area contributed by atoms with Crippen LogP contribution in [-0.2, 0) is 9.53 Å². The number of hydrogen-bond donors (Lipinski definition) is 0. The molecule has 1 aliphatic heterocycles. The minimum Gasteiger partial charge on any atom is -0.465 e. The van der Waals surface area contributed by atoms with Crippen molar-refractivity contribution in [2.45, 2.75) is 33.5 Å². The van der Waals surface area contributed by atoms with E-state index in [9.17, 15) is 4.79 Å². The first-order chi connectivity index (χ1) is 8.40. The maximum atomic E-state index is 12.0. The van der Waals surface area contributed by atoms with Crippen molar-refractivity contribution in [1.82, 2.24) is 0 Å². The number of hydrogen-bond acceptors (Lipinski definition) is 4. The van der Waals surface area contributed by atoms with Crippen LogP contribution in [0.2, 0.25) is 0 Å². The Kier molecular flexibility index (Phi) is 2.97. The van der Waals surface area contributed by atoms with E-state index in [1.807, 2.05) is 24.3 Å². The molecule has 0 N–H and O–H groups in total. The van der Waals surface area contributed by atoms with Gasteiger partial charge in [-0.25, -0.2) is 0 Å². The molecule has 0 fully saturated rings. The molecule has 0 unspecified atom stereocenters. The summed E-state index contributed by atoms with van der Waals surface area (Å²) < 4.78 is 16.7. The van der Waals surface area contributed by atoms with Crippen LogP contribution in [0.1, 0.15) is 27.7 Å². The molecule has 0 saturated carbocycles. The summed E-state index contributed by atoms with van der Waals surface area (Å²) in [5.41, 5.74) is -0.901. The van der Waals surface area contributed by atoms with Crippen molar-refractivity contribution in [3.05, 3.63) is 24.3 Å². The number of benzene rings is 1. The monoisotopic (exact) mass is 250 g/mol. The van der Waals surface area contributed by atoms with Crippen LogP contribution in [0, 0.1) is 5.41 Å². The van der Waals surface area contributed by atoms with Crippen LogP contribution in [0.15, 0.2) is 24.3 Å². The van der Waals surface area contributed by atoms with Gasteiger partial charge in [-0.2, -0.15) is 0 Å². The second-order valence-electron chi connectivity index (χ2n) is 4.94.